The van der Waals surface area contributed by atoms with Gasteiger partial charge in [-0.25, -0.2) is 0 Å². The fourth-order valence-electron chi connectivity index (χ4n) is 2.44. The fourth-order valence-corrected chi connectivity index (χ4v) is 3.80. The first-order chi connectivity index (χ1) is 10.1. The summed E-state index contributed by atoms with van der Waals surface area (Å²) in [6, 6.07) is 17.4. The third-order valence-electron chi connectivity index (χ3n) is 3.40. The van der Waals surface area contributed by atoms with Crippen molar-refractivity contribution in [3.05, 3.63) is 79.7 Å². The topological polar surface area (TPSA) is 20.2 Å². The monoisotopic (exact) mass is 424 g/mol. The molecule has 3 rings (SSSR count). The molecule has 0 aliphatic rings. The Balaban J connectivity index is 2.18. The first-order valence-corrected chi connectivity index (χ1v) is 8.34. The molecule has 0 aliphatic heterocycles. The summed E-state index contributed by atoms with van der Waals surface area (Å²) in [6.45, 7) is 0. The Bertz CT molecular complexity index is 797. The molecule has 3 aromatic carbocycles. The Morgan fingerprint density at radius 2 is 1.62 bits per heavy atom. The highest BCUT2D eigenvalue weighted by Crippen LogP contribution is 2.34. The van der Waals surface area contributed by atoms with Gasteiger partial charge in [-0.1, -0.05) is 73.8 Å². The van der Waals surface area contributed by atoms with E-state index >= 15 is 0 Å². The smallest absolute Gasteiger partial charge is 0.105 e. The quantitative estimate of drug-likeness (QED) is 0.525. The van der Waals surface area contributed by atoms with Crippen LogP contribution in [-0.2, 0) is 0 Å². The standard InChI is InChI=1S/C17H11Br2ClO/c18-11-7-10(8-12(20)9-11)17(21)15-5-6-16(19)14-4-2-1-3-13(14)15/h1-9,17,21H. The molecule has 0 aliphatic carbocycles. The van der Waals surface area contributed by atoms with Crippen LogP contribution in [0.4, 0.5) is 0 Å². The van der Waals surface area contributed by atoms with Crippen LogP contribution in [0.3, 0.4) is 0 Å². The molecule has 0 bridgehead atoms. The normalized spacial score (nSPS) is 12.6. The second kappa shape index (κ2) is 6.09. The molecule has 1 atom stereocenters. The van der Waals surface area contributed by atoms with Crippen molar-refractivity contribution >= 4 is 54.2 Å². The number of rotatable bonds is 2. The number of halogens is 3. The van der Waals surface area contributed by atoms with Gasteiger partial charge in [-0.2, -0.15) is 0 Å². The molecular weight excluding hydrogens is 415 g/mol. The molecule has 0 saturated carbocycles. The Labute approximate surface area is 144 Å². The Kier molecular flexibility index (Phi) is 4.36. The minimum atomic E-state index is -0.724. The predicted octanol–water partition coefficient (Wildman–Crippen LogP) is 6.10. The van der Waals surface area contributed by atoms with Crippen molar-refractivity contribution in [3.8, 4) is 0 Å². The summed E-state index contributed by atoms with van der Waals surface area (Å²) in [5.74, 6) is 0. The van der Waals surface area contributed by atoms with Gasteiger partial charge in [0, 0.05) is 14.0 Å². The van der Waals surface area contributed by atoms with Crippen LogP contribution in [0.5, 0.6) is 0 Å². The average Bonchev–Trinajstić information content (AvgIpc) is 2.46. The van der Waals surface area contributed by atoms with Crippen molar-refractivity contribution in [2.45, 2.75) is 6.10 Å². The van der Waals surface area contributed by atoms with E-state index in [1.807, 2.05) is 42.5 Å². The van der Waals surface area contributed by atoms with Crippen LogP contribution in [0.2, 0.25) is 5.02 Å². The third-order valence-corrected chi connectivity index (χ3v) is 4.77. The second-order valence-electron chi connectivity index (χ2n) is 4.79. The van der Waals surface area contributed by atoms with Gasteiger partial charge in [0.25, 0.3) is 0 Å². The van der Waals surface area contributed by atoms with Crippen LogP contribution in [-0.4, -0.2) is 5.11 Å². The molecule has 1 unspecified atom stereocenters. The van der Waals surface area contributed by atoms with Crippen LogP contribution in [0.15, 0.2) is 63.5 Å². The summed E-state index contributed by atoms with van der Waals surface area (Å²) in [4.78, 5) is 0. The Hall–Kier alpha value is -0.870. The summed E-state index contributed by atoms with van der Waals surface area (Å²) in [7, 11) is 0. The minimum absolute atomic E-state index is 0.597. The van der Waals surface area contributed by atoms with Crippen molar-refractivity contribution in [1.82, 2.24) is 0 Å². The molecule has 3 aromatic rings. The van der Waals surface area contributed by atoms with E-state index < -0.39 is 6.10 Å². The van der Waals surface area contributed by atoms with Gasteiger partial charge < -0.3 is 5.11 Å². The van der Waals surface area contributed by atoms with Gasteiger partial charge in [-0.3, -0.25) is 0 Å². The first-order valence-electron chi connectivity index (χ1n) is 6.37. The van der Waals surface area contributed by atoms with Gasteiger partial charge in [0.1, 0.15) is 6.10 Å². The highest BCUT2D eigenvalue weighted by Gasteiger charge is 2.15. The molecule has 0 amide bonds. The molecule has 106 valence electrons. The summed E-state index contributed by atoms with van der Waals surface area (Å²) in [6.07, 6.45) is -0.724. The number of benzene rings is 3. The van der Waals surface area contributed by atoms with Crippen molar-refractivity contribution in [1.29, 1.82) is 0 Å². The lowest BCUT2D eigenvalue weighted by atomic mass is 9.96. The highest BCUT2D eigenvalue weighted by atomic mass is 79.9. The van der Waals surface area contributed by atoms with Gasteiger partial charge in [-0.05, 0) is 46.2 Å². The van der Waals surface area contributed by atoms with E-state index in [9.17, 15) is 5.11 Å². The van der Waals surface area contributed by atoms with E-state index in [2.05, 4.69) is 31.9 Å². The van der Waals surface area contributed by atoms with E-state index in [0.717, 1.165) is 30.8 Å². The number of hydrogen-bond donors (Lipinski definition) is 1. The van der Waals surface area contributed by atoms with Crippen LogP contribution in [0, 0.1) is 0 Å². The minimum Gasteiger partial charge on any atom is -0.384 e. The Morgan fingerprint density at radius 3 is 2.33 bits per heavy atom. The molecule has 0 saturated heterocycles. The van der Waals surface area contributed by atoms with Gasteiger partial charge in [0.2, 0.25) is 0 Å². The molecule has 0 radical (unpaired) electrons. The lowest BCUT2D eigenvalue weighted by Crippen LogP contribution is -2.01. The number of hydrogen-bond acceptors (Lipinski definition) is 1. The van der Waals surface area contributed by atoms with Crippen LogP contribution >= 0.6 is 43.5 Å². The van der Waals surface area contributed by atoms with Crippen molar-refractivity contribution in [2.75, 3.05) is 0 Å². The lowest BCUT2D eigenvalue weighted by molar-refractivity contribution is 0.222. The van der Waals surface area contributed by atoms with Crippen LogP contribution < -0.4 is 0 Å². The molecule has 0 heterocycles. The van der Waals surface area contributed by atoms with Gasteiger partial charge in [-0.15, -0.1) is 0 Å². The van der Waals surface area contributed by atoms with Crippen LogP contribution in [0.25, 0.3) is 10.8 Å². The molecular formula is C17H11Br2ClO. The molecule has 0 aromatic heterocycles. The zero-order chi connectivity index (χ0) is 15.0. The zero-order valence-electron chi connectivity index (χ0n) is 10.9. The van der Waals surface area contributed by atoms with Crippen molar-refractivity contribution in [2.24, 2.45) is 0 Å². The maximum Gasteiger partial charge on any atom is 0.105 e. The number of aliphatic hydroxyl groups is 1. The summed E-state index contributed by atoms with van der Waals surface area (Å²) >= 11 is 13.0. The molecule has 0 fully saturated rings. The van der Waals surface area contributed by atoms with Crippen molar-refractivity contribution in [3.63, 3.8) is 0 Å². The largest absolute Gasteiger partial charge is 0.384 e. The predicted molar refractivity (Wildman–Crippen MR) is 94.9 cm³/mol. The van der Waals surface area contributed by atoms with E-state index in [1.54, 1.807) is 12.1 Å². The summed E-state index contributed by atoms with van der Waals surface area (Å²) in [5, 5.41) is 13.4. The van der Waals surface area contributed by atoms with Crippen LogP contribution in [0.1, 0.15) is 17.2 Å². The molecule has 1 N–H and O–H groups in total. The number of fused-ring (bicyclic) bond motifs is 1. The zero-order valence-corrected chi connectivity index (χ0v) is 14.8. The fraction of sp³-hybridized carbons (Fsp3) is 0.0588. The highest BCUT2D eigenvalue weighted by molar-refractivity contribution is 9.11. The lowest BCUT2D eigenvalue weighted by Gasteiger charge is -2.16. The van der Waals surface area contributed by atoms with Gasteiger partial charge in [0.05, 0.1) is 0 Å². The van der Waals surface area contributed by atoms with E-state index in [4.69, 9.17) is 11.6 Å². The Morgan fingerprint density at radius 1 is 0.905 bits per heavy atom. The van der Waals surface area contributed by atoms with E-state index in [0.29, 0.717) is 5.02 Å². The van der Waals surface area contributed by atoms with Gasteiger partial charge >= 0.3 is 0 Å². The van der Waals surface area contributed by atoms with E-state index in [1.165, 1.54) is 0 Å². The second-order valence-corrected chi connectivity index (χ2v) is 6.99. The molecule has 1 nitrogen and oxygen atoms in total. The first kappa shape index (κ1) is 15.0. The van der Waals surface area contributed by atoms with Crippen molar-refractivity contribution < 1.29 is 5.11 Å². The molecule has 0 spiro atoms. The summed E-state index contributed by atoms with van der Waals surface area (Å²) in [5.41, 5.74) is 1.63. The average molecular weight is 427 g/mol. The SMILES string of the molecule is OC(c1cc(Cl)cc(Br)c1)c1ccc(Br)c2ccccc12. The summed E-state index contributed by atoms with van der Waals surface area (Å²) < 4.78 is 1.87. The number of aliphatic hydroxyl groups excluding tert-OH is 1. The maximum atomic E-state index is 10.7. The molecule has 4 heteroatoms. The molecule has 21 heavy (non-hydrogen) atoms. The maximum absolute atomic E-state index is 10.7. The van der Waals surface area contributed by atoms with Gasteiger partial charge in [0.15, 0.2) is 0 Å². The third kappa shape index (κ3) is 3.02. The van der Waals surface area contributed by atoms with E-state index in [-0.39, 0.29) is 0 Å².